The summed E-state index contributed by atoms with van der Waals surface area (Å²) < 4.78 is 72.4. The van der Waals surface area contributed by atoms with E-state index < -0.39 is 80.1 Å². The standard InChI is InChI=1S/C25H36F2NO12P/c1-9-34-23(32)40-28(8)19(29)13-35-20(16-10-11-17(26)18(27)12-16)41(33,38-14-36-21(30)24(2,3)4)39-15-37-22(31)25(5,6)7/h10-12,20H,9,13-15H2,1-8H3. The molecule has 1 aromatic rings. The number of halogens is 2. The Morgan fingerprint density at radius 2 is 1.39 bits per heavy atom. The molecule has 0 aliphatic rings. The van der Waals surface area contributed by atoms with Crippen LogP contribution in [0.15, 0.2) is 18.2 Å². The molecule has 0 bridgehead atoms. The van der Waals surface area contributed by atoms with E-state index >= 15 is 0 Å². The maximum Gasteiger partial charge on any atom is 0.533 e. The molecule has 0 radical (unpaired) electrons. The molecule has 13 nitrogen and oxygen atoms in total. The zero-order chi connectivity index (χ0) is 31.6. The molecule has 1 unspecified atom stereocenters. The lowest BCUT2D eigenvalue weighted by Crippen LogP contribution is -2.33. The van der Waals surface area contributed by atoms with Crippen LogP contribution in [0.4, 0.5) is 13.6 Å². The van der Waals surface area contributed by atoms with Gasteiger partial charge in [0, 0.05) is 7.05 Å². The summed E-state index contributed by atoms with van der Waals surface area (Å²) in [5, 5.41) is 0.461. The van der Waals surface area contributed by atoms with Crippen LogP contribution in [0.1, 0.15) is 59.9 Å². The Balaban J connectivity index is 3.34. The number of rotatable bonds is 12. The number of hydrogen-bond acceptors (Lipinski definition) is 12. The number of ether oxygens (including phenoxy) is 4. The van der Waals surface area contributed by atoms with Crippen LogP contribution in [0, 0.1) is 22.5 Å². The van der Waals surface area contributed by atoms with Gasteiger partial charge < -0.3 is 23.8 Å². The van der Waals surface area contributed by atoms with Gasteiger partial charge in [-0.25, -0.2) is 13.6 Å². The van der Waals surface area contributed by atoms with Crippen molar-refractivity contribution in [1.82, 2.24) is 5.06 Å². The summed E-state index contributed by atoms with van der Waals surface area (Å²) in [4.78, 5) is 53.0. The summed E-state index contributed by atoms with van der Waals surface area (Å²) in [6.07, 6.45) is -1.20. The predicted molar refractivity (Wildman–Crippen MR) is 137 cm³/mol. The van der Waals surface area contributed by atoms with Gasteiger partial charge in [0.2, 0.25) is 13.6 Å². The molecule has 0 N–H and O–H groups in total. The number of carbonyl (C=O) groups excluding carboxylic acids is 4. The summed E-state index contributed by atoms with van der Waals surface area (Å²) in [6.45, 7) is 7.89. The smallest absolute Gasteiger partial charge is 0.438 e. The average molecular weight is 612 g/mol. The Bertz CT molecular complexity index is 1100. The molecule has 1 atom stereocenters. The van der Waals surface area contributed by atoms with E-state index in [1.807, 2.05) is 0 Å². The van der Waals surface area contributed by atoms with Crippen LogP contribution in [0.5, 0.6) is 0 Å². The molecule has 1 amide bonds. The first-order valence-electron chi connectivity index (χ1n) is 12.2. The first-order chi connectivity index (χ1) is 18.8. The summed E-state index contributed by atoms with van der Waals surface area (Å²) in [6, 6.07) is 2.29. The summed E-state index contributed by atoms with van der Waals surface area (Å²) in [5.74, 6) is -7.08. The van der Waals surface area contributed by atoms with E-state index in [9.17, 15) is 32.5 Å². The molecule has 0 aliphatic heterocycles. The first kappa shape index (κ1) is 35.9. The molecule has 16 heteroatoms. The summed E-state index contributed by atoms with van der Waals surface area (Å²) in [7, 11) is -3.74. The minimum atomic E-state index is -4.80. The third kappa shape index (κ3) is 11.7. The number of carbonyl (C=O) groups is 4. The number of amides is 1. The lowest BCUT2D eigenvalue weighted by molar-refractivity contribution is -0.172. The quantitative estimate of drug-likeness (QED) is 0.104. The number of likely N-dealkylation sites (N-methyl/N-ethyl adjacent to an activating group) is 1. The number of hydrogen-bond donors (Lipinski definition) is 0. The Hall–Kier alpha value is -3.13. The summed E-state index contributed by atoms with van der Waals surface area (Å²) >= 11 is 0. The van der Waals surface area contributed by atoms with Gasteiger partial charge in [0.05, 0.1) is 17.4 Å². The normalized spacial score (nSPS) is 12.7. The van der Waals surface area contributed by atoms with Crippen molar-refractivity contribution < 1.29 is 65.4 Å². The first-order valence-corrected chi connectivity index (χ1v) is 13.8. The van der Waals surface area contributed by atoms with Gasteiger partial charge in [0.15, 0.2) is 17.5 Å². The highest BCUT2D eigenvalue weighted by atomic mass is 31.2. The summed E-state index contributed by atoms with van der Waals surface area (Å²) in [5.41, 5.74) is -2.26. The van der Waals surface area contributed by atoms with Crippen LogP contribution >= 0.6 is 7.60 Å². The zero-order valence-electron chi connectivity index (χ0n) is 24.2. The van der Waals surface area contributed by atoms with Gasteiger partial charge in [0.25, 0.3) is 5.91 Å². The topological polar surface area (TPSA) is 153 Å². The van der Waals surface area contributed by atoms with Gasteiger partial charge in [-0.3, -0.25) is 28.0 Å². The van der Waals surface area contributed by atoms with Crippen LogP contribution in [-0.2, 0) is 51.8 Å². The minimum Gasteiger partial charge on any atom is -0.438 e. The van der Waals surface area contributed by atoms with Crippen molar-refractivity contribution in [3.05, 3.63) is 35.4 Å². The third-order valence-corrected chi connectivity index (χ3v) is 6.73. The SMILES string of the molecule is CCOC(=O)ON(C)C(=O)COC(c1ccc(F)c(F)c1)P(=O)(OCOC(=O)C(C)(C)C)OCOC(=O)C(C)(C)C. The van der Waals surface area contributed by atoms with Gasteiger partial charge in [-0.05, 0) is 66.2 Å². The van der Waals surface area contributed by atoms with Gasteiger partial charge >= 0.3 is 25.7 Å². The van der Waals surface area contributed by atoms with E-state index in [-0.39, 0.29) is 12.2 Å². The minimum absolute atomic E-state index is 0.0347. The molecule has 0 heterocycles. The fourth-order valence-electron chi connectivity index (χ4n) is 2.50. The number of benzene rings is 1. The van der Waals surface area contributed by atoms with Crippen molar-refractivity contribution in [3.63, 3.8) is 0 Å². The molecule has 0 saturated heterocycles. The van der Waals surface area contributed by atoms with Crippen LogP contribution in [-0.4, -0.2) is 62.9 Å². The van der Waals surface area contributed by atoms with E-state index in [4.69, 9.17) is 23.3 Å². The Morgan fingerprint density at radius 3 is 1.83 bits per heavy atom. The predicted octanol–water partition coefficient (Wildman–Crippen LogP) is 4.85. The molecule has 0 spiro atoms. The maximum atomic E-state index is 14.2. The van der Waals surface area contributed by atoms with Crippen molar-refractivity contribution in [1.29, 1.82) is 0 Å². The molecule has 232 valence electrons. The van der Waals surface area contributed by atoms with Gasteiger partial charge in [0.1, 0.15) is 6.61 Å². The second-order valence-electron chi connectivity index (χ2n) is 10.4. The molecular formula is C25H36F2NO12P. The molecule has 0 fully saturated rings. The second-order valence-corrected chi connectivity index (χ2v) is 12.5. The molecule has 0 aliphatic carbocycles. The van der Waals surface area contributed by atoms with Crippen molar-refractivity contribution in [3.8, 4) is 0 Å². The fourth-order valence-corrected chi connectivity index (χ4v) is 4.02. The number of hydroxylamine groups is 2. The Morgan fingerprint density at radius 1 is 0.878 bits per heavy atom. The van der Waals surface area contributed by atoms with Crippen molar-refractivity contribution in [2.45, 2.75) is 54.3 Å². The van der Waals surface area contributed by atoms with Crippen LogP contribution < -0.4 is 0 Å². The Labute approximate surface area is 236 Å². The van der Waals surface area contributed by atoms with Gasteiger partial charge in [-0.15, -0.1) is 0 Å². The Kier molecular flexibility index (Phi) is 13.3. The molecule has 41 heavy (non-hydrogen) atoms. The molecule has 1 aromatic carbocycles. The van der Waals surface area contributed by atoms with Crippen molar-refractivity contribution >= 4 is 31.6 Å². The molecule has 1 rings (SSSR count). The fraction of sp³-hybridized carbons (Fsp3) is 0.600. The third-order valence-electron chi connectivity index (χ3n) is 4.78. The van der Waals surface area contributed by atoms with E-state index in [1.54, 1.807) is 41.5 Å². The number of nitrogens with zero attached hydrogens (tertiary/aromatic N) is 1. The lowest BCUT2D eigenvalue weighted by atomic mass is 9.98. The highest BCUT2D eigenvalue weighted by molar-refractivity contribution is 7.54. The zero-order valence-corrected chi connectivity index (χ0v) is 25.1. The van der Waals surface area contributed by atoms with E-state index in [1.165, 1.54) is 6.92 Å². The lowest BCUT2D eigenvalue weighted by Gasteiger charge is -2.28. The van der Waals surface area contributed by atoms with Crippen molar-refractivity contribution in [2.24, 2.45) is 10.8 Å². The van der Waals surface area contributed by atoms with E-state index in [0.717, 1.165) is 13.1 Å². The average Bonchev–Trinajstić information content (AvgIpc) is 2.84. The maximum absolute atomic E-state index is 14.2. The number of esters is 2. The monoisotopic (exact) mass is 611 g/mol. The van der Waals surface area contributed by atoms with Gasteiger partial charge in [-0.1, -0.05) is 6.07 Å². The van der Waals surface area contributed by atoms with Crippen LogP contribution in [0.3, 0.4) is 0 Å². The molecule has 0 aromatic heterocycles. The molecular weight excluding hydrogens is 575 g/mol. The largest absolute Gasteiger partial charge is 0.533 e. The van der Waals surface area contributed by atoms with Crippen molar-refractivity contribution in [2.75, 3.05) is 33.8 Å². The van der Waals surface area contributed by atoms with Gasteiger partial charge in [-0.2, -0.15) is 5.06 Å². The second kappa shape index (κ2) is 15.2. The van der Waals surface area contributed by atoms with E-state index in [2.05, 4.69) is 9.57 Å². The van der Waals surface area contributed by atoms with Crippen LogP contribution in [0.2, 0.25) is 0 Å². The highest BCUT2D eigenvalue weighted by Gasteiger charge is 2.41. The molecule has 0 saturated carbocycles. The van der Waals surface area contributed by atoms with Crippen LogP contribution in [0.25, 0.3) is 0 Å². The highest BCUT2D eigenvalue weighted by Crippen LogP contribution is 2.61. The van der Waals surface area contributed by atoms with E-state index in [0.29, 0.717) is 17.2 Å².